The van der Waals surface area contributed by atoms with Crippen LogP contribution in [-0.4, -0.2) is 50.8 Å². The maximum atomic E-state index is 13.1. The van der Waals surface area contributed by atoms with Crippen molar-refractivity contribution in [3.63, 3.8) is 0 Å². The molecule has 1 aliphatic heterocycles. The summed E-state index contributed by atoms with van der Waals surface area (Å²) in [6, 6.07) is 13.3. The molecule has 4 rings (SSSR count). The highest BCUT2D eigenvalue weighted by molar-refractivity contribution is 7.89. The molecule has 170 valence electrons. The van der Waals surface area contributed by atoms with Crippen molar-refractivity contribution in [2.75, 3.05) is 25.5 Å². The number of carbonyl (C=O) groups is 2. The molecule has 2 N–H and O–H groups in total. The van der Waals surface area contributed by atoms with Crippen LogP contribution in [-0.2, 0) is 14.8 Å². The van der Waals surface area contributed by atoms with Gasteiger partial charge in [0.05, 0.1) is 29.2 Å². The van der Waals surface area contributed by atoms with Gasteiger partial charge in [0.25, 0.3) is 5.91 Å². The third-order valence-electron chi connectivity index (χ3n) is 5.79. The van der Waals surface area contributed by atoms with E-state index in [4.69, 9.17) is 4.74 Å². The summed E-state index contributed by atoms with van der Waals surface area (Å²) in [5.74, 6) is -0.428. The average molecular weight is 458 g/mol. The van der Waals surface area contributed by atoms with E-state index in [9.17, 15) is 18.0 Å². The minimum absolute atomic E-state index is 0.0939. The van der Waals surface area contributed by atoms with Crippen LogP contribution in [0.1, 0.15) is 36.0 Å². The van der Waals surface area contributed by atoms with Crippen molar-refractivity contribution < 1.29 is 22.7 Å². The second kappa shape index (κ2) is 9.30. The second-order valence-electron chi connectivity index (χ2n) is 8.16. The van der Waals surface area contributed by atoms with Crippen molar-refractivity contribution in [2.24, 2.45) is 5.92 Å². The summed E-state index contributed by atoms with van der Waals surface area (Å²) in [6.45, 7) is 0.454. The Morgan fingerprint density at radius 2 is 1.75 bits per heavy atom. The van der Waals surface area contributed by atoms with Gasteiger partial charge in [-0.3, -0.25) is 9.59 Å². The molecule has 1 heterocycles. The molecule has 1 saturated carbocycles. The highest BCUT2D eigenvalue weighted by atomic mass is 32.2. The number of ether oxygens (including phenoxy) is 1. The third kappa shape index (κ3) is 4.94. The van der Waals surface area contributed by atoms with Gasteiger partial charge in [-0.25, -0.2) is 8.42 Å². The fraction of sp³-hybridized carbons (Fsp3) is 0.391. The maximum Gasteiger partial charge on any atom is 0.253 e. The number of anilines is 1. The molecule has 32 heavy (non-hydrogen) atoms. The zero-order chi connectivity index (χ0) is 22.7. The Bertz CT molecular complexity index is 1100. The van der Waals surface area contributed by atoms with E-state index < -0.39 is 15.9 Å². The predicted molar refractivity (Wildman–Crippen MR) is 120 cm³/mol. The smallest absolute Gasteiger partial charge is 0.253 e. The lowest BCUT2D eigenvalue weighted by Crippen LogP contribution is -2.43. The van der Waals surface area contributed by atoms with E-state index in [1.807, 2.05) is 0 Å². The van der Waals surface area contributed by atoms with Crippen molar-refractivity contribution in [3.8, 4) is 5.75 Å². The lowest BCUT2D eigenvalue weighted by Gasteiger charge is -2.31. The Morgan fingerprint density at radius 3 is 2.44 bits per heavy atom. The molecule has 2 aromatic rings. The van der Waals surface area contributed by atoms with Gasteiger partial charge in [0.2, 0.25) is 15.9 Å². The van der Waals surface area contributed by atoms with E-state index in [1.165, 1.54) is 23.5 Å². The van der Waals surface area contributed by atoms with Crippen LogP contribution in [0, 0.1) is 5.92 Å². The molecule has 1 unspecified atom stereocenters. The molecule has 2 aliphatic rings. The monoisotopic (exact) mass is 457 g/mol. The van der Waals surface area contributed by atoms with Crippen LogP contribution in [0.2, 0.25) is 0 Å². The summed E-state index contributed by atoms with van der Waals surface area (Å²) in [4.78, 5) is 25.7. The summed E-state index contributed by atoms with van der Waals surface area (Å²) in [6.07, 6.45) is 3.11. The van der Waals surface area contributed by atoms with Gasteiger partial charge in [-0.15, -0.1) is 0 Å². The molecule has 2 aromatic carbocycles. The first-order valence-corrected chi connectivity index (χ1v) is 12.2. The summed E-state index contributed by atoms with van der Waals surface area (Å²) >= 11 is 0. The van der Waals surface area contributed by atoms with Gasteiger partial charge in [-0.05, 0) is 62.1 Å². The summed E-state index contributed by atoms with van der Waals surface area (Å²) in [7, 11) is -2.20. The van der Waals surface area contributed by atoms with E-state index in [0.717, 1.165) is 12.8 Å². The normalized spacial score (nSPS) is 19.2. The number of nitrogens with one attached hydrogen (secondary N) is 2. The summed E-state index contributed by atoms with van der Waals surface area (Å²) in [5, 5.41) is 5.77. The average Bonchev–Trinajstić information content (AvgIpc) is 3.63. The highest BCUT2D eigenvalue weighted by Crippen LogP contribution is 2.27. The van der Waals surface area contributed by atoms with Crippen LogP contribution in [0.4, 0.5) is 5.69 Å². The number of piperidine rings is 1. The minimum atomic E-state index is -3.72. The first-order chi connectivity index (χ1) is 15.4. The molecule has 2 amide bonds. The zero-order valence-corrected chi connectivity index (χ0v) is 18.7. The molecule has 0 spiro atoms. The first kappa shape index (κ1) is 22.3. The molecule has 0 bridgehead atoms. The van der Waals surface area contributed by atoms with Crippen LogP contribution in [0.5, 0.6) is 5.75 Å². The molecule has 1 atom stereocenters. The fourth-order valence-electron chi connectivity index (χ4n) is 3.79. The van der Waals surface area contributed by atoms with Gasteiger partial charge in [-0.2, -0.15) is 4.31 Å². The Balaban J connectivity index is 1.45. The van der Waals surface area contributed by atoms with E-state index in [1.54, 1.807) is 36.4 Å². The van der Waals surface area contributed by atoms with Crippen LogP contribution < -0.4 is 15.4 Å². The van der Waals surface area contributed by atoms with Gasteiger partial charge >= 0.3 is 0 Å². The van der Waals surface area contributed by atoms with Crippen LogP contribution in [0.3, 0.4) is 0 Å². The molecule has 0 radical (unpaired) electrons. The van der Waals surface area contributed by atoms with Crippen molar-refractivity contribution in [1.82, 2.24) is 9.62 Å². The standard InChI is InChI=1S/C23H27N3O5S/c1-31-18-10-12-19(13-11-18)32(29,30)26-14-4-5-16(15-26)22(27)25-21-7-3-2-6-20(21)23(28)24-17-8-9-17/h2-3,6-7,10-13,16-17H,4-5,8-9,14-15H2,1H3,(H,24,28)(H,25,27). The van der Waals surface area contributed by atoms with E-state index in [2.05, 4.69) is 10.6 Å². The number of carbonyl (C=O) groups excluding carboxylic acids is 2. The Labute approximate surface area is 188 Å². The zero-order valence-electron chi connectivity index (χ0n) is 17.9. The molecule has 1 aliphatic carbocycles. The molecular weight excluding hydrogens is 430 g/mol. The van der Waals surface area contributed by atoms with Gasteiger partial charge in [0, 0.05) is 19.1 Å². The maximum absolute atomic E-state index is 13.1. The topological polar surface area (TPSA) is 105 Å². The minimum Gasteiger partial charge on any atom is -0.497 e. The molecule has 2 fully saturated rings. The van der Waals surface area contributed by atoms with Crippen molar-refractivity contribution in [2.45, 2.75) is 36.6 Å². The number of methoxy groups -OCH3 is 1. The molecule has 0 aromatic heterocycles. The molecule has 8 nitrogen and oxygen atoms in total. The lowest BCUT2D eigenvalue weighted by atomic mass is 9.98. The largest absolute Gasteiger partial charge is 0.497 e. The van der Waals surface area contributed by atoms with Crippen LogP contribution in [0.15, 0.2) is 53.4 Å². The SMILES string of the molecule is COc1ccc(S(=O)(=O)N2CCCC(C(=O)Nc3ccccc3C(=O)NC3CC3)C2)cc1. The number of sulfonamides is 1. The Hall–Kier alpha value is -2.91. The summed E-state index contributed by atoms with van der Waals surface area (Å²) in [5.41, 5.74) is 0.844. The number of rotatable bonds is 7. The third-order valence-corrected chi connectivity index (χ3v) is 7.67. The van der Waals surface area contributed by atoms with Gasteiger partial charge in [0.1, 0.15) is 5.75 Å². The number of hydrogen-bond donors (Lipinski definition) is 2. The number of para-hydroxylation sites is 1. The Morgan fingerprint density at radius 1 is 1.03 bits per heavy atom. The number of hydrogen-bond acceptors (Lipinski definition) is 5. The fourth-order valence-corrected chi connectivity index (χ4v) is 5.31. The van der Waals surface area contributed by atoms with Gasteiger partial charge in [-0.1, -0.05) is 12.1 Å². The number of amides is 2. The van der Waals surface area contributed by atoms with Gasteiger partial charge in [0.15, 0.2) is 0 Å². The quantitative estimate of drug-likeness (QED) is 0.665. The van der Waals surface area contributed by atoms with E-state index in [0.29, 0.717) is 36.4 Å². The van der Waals surface area contributed by atoms with Crippen molar-refractivity contribution >= 4 is 27.5 Å². The molecule has 1 saturated heterocycles. The summed E-state index contributed by atoms with van der Waals surface area (Å²) < 4.78 is 32.6. The number of nitrogens with zero attached hydrogens (tertiary/aromatic N) is 1. The Kier molecular flexibility index (Phi) is 6.48. The highest BCUT2D eigenvalue weighted by Gasteiger charge is 2.34. The van der Waals surface area contributed by atoms with Crippen molar-refractivity contribution in [3.05, 3.63) is 54.1 Å². The van der Waals surface area contributed by atoms with Gasteiger partial charge < -0.3 is 15.4 Å². The molecule has 9 heteroatoms. The predicted octanol–water partition coefficient (Wildman–Crippen LogP) is 2.63. The van der Waals surface area contributed by atoms with E-state index >= 15 is 0 Å². The second-order valence-corrected chi connectivity index (χ2v) is 10.1. The van der Waals surface area contributed by atoms with Crippen LogP contribution >= 0.6 is 0 Å². The van der Waals surface area contributed by atoms with Crippen molar-refractivity contribution in [1.29, 1.82) is 0 Å². The first-order valence-electron chi connectivity index (χ1n) is 10.7. The molecular formula is C23H27N3O5S. The number of benzene rings is 2. The lowest BCUT2D eigenvalue weighted by molar-refractivity contribution is -0.120. The van der Waals surface area contributed by atoms with E-state index in [-0.39, 0.29) is 29.3 Å². The van der Waals surface area contributed by atoms with Crippen LogP contribution in [0.25, 0.3) is 0 Å².